The summed E-state index contributed by atoms with van der Waals surface area (Å²) in [4.78, 5) is 25.0. The quantitative estimate of drug-likeness (QED) is 0.142. The second kappa shape index (κ2) is 17.5. The van der Waals surface area contributed by atoms with Crippen LogP contribution < -0.4 is 0 Å². The molecule has 0 bridgehead atoms. The lowest BCUT2D eigenvalue weighted by Gasteiger charge is -2.33. The number of hydrogen-bond acceptors (Lipinski definition) is 5. The van der Waals surface area contributed by atoms with Crippen LogP contribution in [0, 0.1) is 23.2 Å². The highest BCUT2D eigenvalue weighted by molar-refractivity contribution is 5.84. The SMILES string of the molecule is CCCCO[C@@H]1CC(=O)[C@H](CCCCCC(CC)C(=O)OCC)[C@H]1CCC(O)C(C)(C)CCCC. The second-order valence-electron chi connectivity index (χ2n) is 11.4. The Kier molecular flexibility index (Phi) is 16.0. The molecule has 0 aromatic heterocycles. The number of aliphatic hydroxyl groups excluding tert-OH is 1. The Labute approximate surface area is 216 Å². The number of carbonyl (C=O) groups excluding carboxylic acids is 2. The van der Waals surface area contributed by atoms with Gasteiger partial charge in [0.2, 0.25) is 0 Å². The van der Waals surface area contributed by atoms with Gasteiger partial charge in [-0.1, -0.05) is 73.1 Å². The van der Waals surface area contributed by atoms with Gasteiger partial charge in [0.05, 0.1) is 24.7 Å². The summed E-state index contributed by atoms with van der Waals surface area (Å²) in [6.45, 7) is 13.7. The van der Waals surface area contributed by atoms with Gasteiger partial charge < -0.3 is 14.6 Å². The van der Waals surface area contributed by atoms with Gasteiger partial charge in [0.25, 0.3) is 0 Å². The van der Waals surface area contributed by atoms with Gasteiger partial charge in [-0.25, -0.2) is 0 Å². The normalized spacial score (nSPS) is 22.4. The largest absolute Gasteiger partial charge is 0.466 e. The van der Waals surface area contributed by atoms with E-state index in [4.69, 9.17) is 9.47 Å². The molecule has 0 heterocycles. The van der Waals surface area contributed by atoms with Crippen molar-refractivity contribution < 1.29 is 24.2 Å². The molecule has 5 nitrogen and oxygen atoms in total. The van der Waals surface area contributed by atoms with Crippen molar-refractivity contribution in [3.05, 3.63) is 0 Å². The van der Waals surface area contributed by atoms with Crippen molar-refractivity contribution in [2.75, 3.05) is 13.2 Å². The van der Waals surface area contributed by atoms with E-state index in [2.05, 4.69) is 27.7 Å². The minimum absolute atomic E-state index is 0.00158. The van der Waals surface area contributed by atoms with Gasteiger partial charge in [-0.3, -0.25) is 9.59 Å². The summed E-state index contributed by atoms with van der Waals surface area (Å²) < 4.78 is 11.4. The molecule has 0 aliphatic heterocycles. The maximum Gasteiger partial charge on any atom is 0.308 e. The zero-order chi connectivity index (χ0) is 26.3. The molecular formula is C30H56O5. The van der Waals surface area contributed by atoms with Gasteiger partial charge in [-0.2, -0.15) is 0 Å². The first-order valence-corrected chi connectivity index (χ1v) is 14.7. The standard InChI is InChI=1S/C30H56O5/c1-7-11-20-30(5,6)28(32)19-18-25-24(26(31)22-27(25)35-21-12-8-2)17-15-13-14-16-23(9-3)29(33)34-10-4/h23-25,27-28,32H,7-22H2,1-6H3/t23?,24-,25-,27-,28?/m1/s1. The topological polar surface area (TPSA) is 72.8 Å². The fraction of sp³-hybridized carbons (Fsp3) is 0.933. The van der Waals surface area contributed by atoms with E-state index in [-0.39, 0.29) is 41.3 Å². The third kappa shape index (κ3) is 11.3. The van der Waals surface area contributed by atoms with Crippen LogP contribution in [0.3, 0.4) is 0 Å². The Morgan fingerprint density at radius 2 is 1.71 bits per heavy atom. The first kappa shape index (κ1) is 32.1. The maximum absolute atomic E-state index is 13.0. The average molecular weight is 497 g/mol. The van der Waals surface area contributed by atoms with Gasteiger partial charge in [0, 0.05) is 18.9 Å². The van der Waals surface area contributed by atoms with Crippen LogP contribution in [-0.2, 0) is 19.1 Å². The lowest BCUT2D eigenvalue weighted by Crippen LogP contribution is -2.32. The first-order chi connectivity index (χ1) is 16.7. The molecule has 206 valence electrons. The fourth-order valence-corrected chi connectivity index (χ4v) is 5.54. The Hall–Kier alpha value is -0.940. The first-order valence-electron chi connectivity index (χ1n) is 14.7. The lowest BCUT2D eigenvalue weighted by molar-refractivity contribution is -0.148. The molecule has 5 atom stereocenters. The van der Waals surface area contributed by atoms with Gasteiger partial charge in [-0.05, 0) is 63.2 Å². The van der Waals surface area contributed by atoms with E-state index in [9.17, 15) is 14.7 Å². The summed E-state index contributed by atoms with van der Waals surface area (Å²) in [5.41, 5.74) is -0.0958. The van der Waals surface area contributed by atoms with Crippen LogP contribution in [0.2, 0.25) is 0 Å². The van der Waals surface area contributed by atoms with Crippen molar-refractivity contribution in [3.63, 3.8) is 0 Å². The molecule has 0 radical (unpaired) electrons. The summed E-state index contributed by atoms with van der Waals surface area (Å²) >= 11 is 0. The number of esters is 1. The molecule has 0 amide bonds. The number of rotatable bonds is 20. The van der Waals surface area contributed by atoms with Crippen LogP contribution in [0.25, 0.3) is 0 Å². The Balaban J connectivity index is 2.65. The number of ketones is 1. The molecule has 5 heteroatoms. The molecular weight excluding hydrogens is 440 g/mol. The lowest BCUT2D eigenvalue weighted by atomic mass is 9.77. The van der Waals surface area contributed by atoms with Crippen LogP contribution in [0.5, 0.6) is 0 Å². The zero-order valence-electron chi connectivity index (χ0n) is 23.8. The van der Waals surface area contributed by atoms with E-state index in [1.165, 1.54) is 0 Å². The van der Waals surface area contributed by atoms with Crippen LogP contribution in [0.4, 0.5) is 0 Å². The van der Waals surface area contributed by atoms with Gasteiger partial charge in [0.15, 0.2) is 0 Å². The highest BCUT2D eigenvalue weighted by atomic mass is 16.5. The predicted octanol–water partition coefficient (Wildman–Crippen LogP) is 7.27. The van der Waals surface area contributed by atoms with Gasteiger partial charge >= 0.3 is 5.97 Å². The number of Topliss-reactive ketones (excluding diaryl/α,β-unsaturated/α-hetero) is 1. The molecule has 1 rings (SSSR count). The molecule has 0 saturated heterocycles. The summed E-state index contributed by atoms with van der Waals surface area (Å²) in [5, 5.41) is 11.0. The van der Waals surface area contributed by atoms with E-state index in [0.29, 0.717) is 25.4 Å². The van der Waals surface area contributed by atoms with Crippen LogP contribution >= 0.6 is 0 Å². The molecule has 0 spiro atoms. The molecule has 0 aromatic carbocycles. The van der Waals surface area contributed by atoms with Crippen molar-refractivity contribution in [1.82, 2.24) is 0 Å². The fourth-order valence-electron chi connectivity index (χ4n) is 5.54. The Morgan fingerprint density at radius 1 is 1.00 bits per heavy atom. The van der Waals surface area contributed by atoms with Gasteiger partial charge in [0.1, 0.15) is 5.78 Å². The van der Waals surface area contributed by atoms with Gasteiger partial charge in [-0.15, -0.1) is 0 Å². The molecule has 1 aliphatic rings. The van der Waals surface area contributed by atoms with Crippen molar-refractivity contribution in [1.29, 1.82) is 0 Å². The van der Waals surface area contributed by atoms with Crippen LogP contribution in [-0.4, -0.2) is 42.3 Å². The Morgan fingerprint density at radius 3 is 2.34 bits per heavy atom. The van der Waals surface area contributed by atoms with E-state index in [0.717, 1.165) is 83.5 Å². The van der Waals surface area contributed by atoms with E-state index >= 15 is 0 Å². The number of aliphatic hydroxyl groups is 1. The maximum atomic E-state index is 13.0. The highest BCUT2D eigenvalue weighted by Crippen LogP contribution is 2.40. The molecule has 1 fully saturated rings. The monoisotopic (exact) mass is 496 g/mol. The van der Waals surface area contributed by atoms with Crippen molar-refractivity contribution in [2.24, 2.45) is 23.2 Å². The number of unbranched alkanes of at least 4 members (excludes halogenated alkanes) is 4. The predicted molar refractivity (Wildman–Crippen MR) is 143 cm³/mol. The zero-order valence-corrected chi connectivity index (χ0v) is 23.8. The smallest absolute Gasteiger partial charge is 0.308 e. The minimum Gasteiger partial charge on any atom is -0.466 e. The van der Waals surface area contributed by atoms with Crippen LogP contribution in [0.1, 0.15) is 131 Å². The van der Waals surface area contributed by atoms with Crippen molar-refractivity contribution in [3.8, 4) is 0 Å². The molecule has 1 N–H and O–H groups in total. The summed E-state index contributed by atoms with van der Waals surface area (Å²) in [7, 11) is 0. The van der Waals surface area contributed by atoms with Crippen molar-refractivity contribution >= 4 is 11.8 Å². The molecule has 2 unspecified atom stereocenters. The number of ether oxygens (including phenoxy) is 2. The third-order valence-corrected chi connectivity index (χ3v) is 8.17. The molecule has 35 heavy (non-hydrogen) atoms. The van der Waals surface area contributed by atoms with Crippen LogP contribution in [0.15, 0.2) is 0 Å². The number of carbonyl (C=O) groups is 2. The summed E-state index contributed by atoms with van der Waals surface area (Å²) in [6.07, 6.45) is 12.7. The van der Waals surface area contributed by atoms with E-state index in [1.807, 2.05) is 13.8 Å². The average Bonchev–Trinajstić information content (AvgIpc) is 3.12. The Bertz CT molecular complexity index is 587. The molecule has 0 aromatic rings. The molecule has 1 aliphatic carbocycles. The summed E-state index contributed by atoms with van der Waals surface area (Å²) in [6, 6.07) is 0. The summed E-state index contributed by atoms with van der Waals surface area (Å²) in [5.74, 6) is 0.505. The minimum atomic E-state index is -0.351. The van der Waals surface area contributed by atoms with E-state index in [1.54, 1.807) is 0 Å². The molecule has 1 saturated carbocycles. The highest BCUT2D eigenvalue weighted by Gasteiger charge is 2.43. The van der Waals surface area contributed by atoms with E-state index < -0.39 is 0 Å². The van der Waals surface area contributed by atoms with Crippen molar-refractivity contribution in [2.45, 2.75) is 144 Å². The second-order valence-corrected chi connectivity index (χ2v) is 11.4. The number of hydrogen-bond donors (Lipinski definition) is 1. The third-order valence-electron chi connectivity index (χ3n) is 8.17.